The van der Waals surface area contributed by atoms with Crippen LogP contribution < -0.4 is 4.90 Å². The van der Waals surface area contributed by atoms with Crippen LogP contribution in [0.4, 0.5) is 5.69 Å². The van der Waals surface area contributed by atoms with Gasteiger partial charge in [0.1, 0.15) is 5.82 Å². The number of aryl methyl sites for hydroxylation is 1. The highest BCUT2D eigenvalue weighted by Crippen LogP contribution is 2.35. The first-order valence-electron chi connectivity index (χ1n) is 6.00. The Labute approximate surface area is 123 Å². The summed E-state index contributed by atoms with van der Waals surface area (Å²) in [4.78, 5) is 33.8. The van der Waals surface area contributed by atoms with Gasteiger partial charge in [-0.25, -0.2) is 9.97 Å². The van der Waals surface area contributed by atoms with Crippen molar-refractivity contribution < 1.29 is 9.59 Å². The normalized spacial score (nSPS) is 13.8. The molecule has 0 radical (unpaired) electrons. The zero-order valence-corrected chi connectivity index (χ0v) is 12.2. The molecule has 0 aliphatic carbocycles. The van der Waals surface area contributed by atoms with Gasteiger partial charge in [0.05, 0.1) is 17.8 Å². The lowest BCUT2D eigenvalue weighted by Gasteiger charge is -2.17. The summed E-state index contributed by atoms with van der Waals surface area (Å²) in [6, 6.07) is 5.26. The molecule has 0 saturated carbocycles. The predicted molar refractivity (Wildman–Crippen MR) is 76.4 cm³/mol. The largest absolute Gasteiger partial charge is 0.299 e. The second-order valence-corrected chi connectivity index (χ2v) is 5.42. The van der Waals surface area contributed by atoms with Gasteiger partial charge in [0.25, 0.3) is 11.7 Å². The number of fused-ring (bicyclic) bond motifs is 1. The van der Waals surface area contributed by atoms with Gasteiger partial charge in [-0.2, -0.15) is 0 Å². The number of ketones is 1. The Morgan fingerprint density at radius 1 is 1.20 bits per heavy atom. The number of aromatic nitrogens is 2. The van der Waals surface area contributed by atoms with E-state index in [-0.39, 0.29) is 6.54 Å². The Bertz CT molecular complexity index is 716. The molecule has 1 aliphatic heterocycles. The first-order chi connectivity index (χ1) is 9.58. The van der Waals surface area contributed by atoms with Crippen molar-refractivity contribution in [2.45, 2.75) is 13.5 Å². The van der Waals surface area contributed by atoms with Crippen molar-refractivity contribution in [3.05, 3.63) is 52.0 Å². The van der Waals surface area contributed by atoms with E-state index in [9.17, 15) is 9.59 Å². The highest BCUT2D eigenvalue weighted by atomic mass is 79.9. The minimum Gasteiger partial charge on any atom is -0.297 e. The van der Waals surface area contributed by atoms with Crippen LogP contribution in [-0.2, 0) is 11.3 Å². The average Bonchev–Trinajstić information content (AvgIpc) is 2.65. The summed E-state index contributed by atoms with van der Waals surface area (Å²) in [7, 11) is 0. The van der Waals surface area contributed by atoms with Crippen molar-refractivity contribution in [3.63, 3.8) is 0 Å². The molecule has 1 aromatic carbocycles. The van der Waals surface area contributed by atoms with Crippen LogP contribution in [0.1, 0.15) is 21.7 Å². The number of hydrogen-bond donors (Lipinski definition) is 0. The number of anilines is 1. The van der Waals surface area contributed by atoms with E-state index in [0.29, 0.717) is 17.1 Å². The quantitative estimate of drug-likeness (QED) is 0.792. The molecule has 0 spiro atoms. The van der Waals surface area contributed by atoms with Gasteiger partial charge in [-0.05, 0) is 30.7 Å². The summed E-state index contributed by atoms with van der Waals surface area (Å²) in [5, 5.41) is 0. The Morgan fingerprint density at radius 2 is 1.90 bits per heavy atom. The molecule has 0 fully saturated rings. The second-order valence-electron chi connectivity index (χ2n) is 4.50. The first-order valence-corrected chi connectivity index (χ1v) is 6.79. The molecule has 0 N–H and O–H groups in total. The maximum atomic E-state index is 12.1. The van der Waals surface area contributed by atoms with Gasteiger partial charge in [-0.15, -0.1) is 0 Å². The van der Waals surface area contributed by atoms with Crippen molar-refractivity contribution in [2.75, 3.05) is 4.90 Å². The van der Waals surface area contributed by atoms with E-state index in [0.717, 1.165) is 10.0 Å². The molecular formula is C14H10BrN3O2. The van der Waals surface area contributed by atoms with Crippen LogP contribution in [0.25, 0.3) is 0 Å². The molecule has 0 bridgehead atoms. The van der Waals surface area contributed by atoms with Crippen molar-refractivity contribution in [1.29, 1.82) is 0 Å². The third-order valence-electron chi connectivity index (χ3n) is 3.14. The summed E-state index contributed by atoms with van der Waals surface area (Å²) in [6.45, 7) is 2.06. The Kier molecular flexibility index (Phi) is 3.10. The SMILES string of the molecule is Cc1cc(Br)cc2c1N(Cc1ncccn1)C(=O)C2=O. The third kappa shape index (κ3) is 2.02. The number of carbonyl (C=O) groups is 2. The van der Waals surface area contributed by atoms with E-state index in [1.54, 1.807) is 24.5 Å². The molecule has 2 aromatic rings. The minimum absolute atomic E-state index is 0.195. The molecule has 2 heterocycles. The van der Waals surface area contributed by atoms with Gasteiger partial charge in [0, 0.05) is 16.9 Å². The van der Waals surface area contributed by atoms with E-state index >= 15 is 0 Å². The highest BCUT2D eigenvalue weighted by Gasteiger charge is 2.37. The van der Waals surface area contributed by atoms with E-state index in [4.69, 9.17) is 0 Å². The molecule has 3 rings (SSSR count). The van der Waals surface area contributed by atoms with Crippen LogP contribution in [0.15, 0.2) is 35.1 Å². The molecule has 1 aromatic heterocycles. The molecule has 0 atom stereocenters. The lowest BCUT2D eigenvalue weighted by molar-refractivity contribution is -0.114. The monoisotopic (exact) mass is 331 g/mol. The summed E-state index contributed by atoms with van der Waals surface area (Å²) >= 11 is 3.34. The highest BCUT2D eigenvalue weighted by molar-refractivity contribution is 9.10. The van der Waals surface area contributed by atoms with Gasteiger partial charge in [0.2, 0.25) is 0 Å². The maximum absolute atomic E-state index is 12.1. The number of nitrogens with zero attached hydrogens (tertiary/aromatic N) is 3. The summed E-state index contributed by atoms with van der Waals surface area (Å²) < 4.78 is 0.785. The Hall–Kier alpha value is -2.08. The summed E-state index contributed by atoms with van der Waals surface area (Å²) in [6.07, 6.45) is 3.22. The molecule has 20 heavy (non-hydrogen) atoms. The van der Waals surface area contributed by atoms with Crippen LogP contribution in [0.3, 0.4) is 0 Å². The molecular weight excluding hydrogens is 322 g/mol. The van der Waals surface area contributed by atoms with E-state index in [2.05, 4.69) is 25.9 Å². The number of carbonyl (C=O) groups excluding carboxylic acids is 2. The fourth-order valence-electron chi connectivity index (χ4n) is 2.31. The minimum atomic E-state index is -0.534. The number of halogens is 1. The lowest BCUT2D eigenvalue weighted by atomic mass is 10.1. The number of Topliss-reactive ketones (excluding diaryl/α,β-unsaturated/α-hetero) is 1. The predicted octanol–water partition coefficient (Wildman–Crippen LogP) is 2.28. The van der Waals surface area contributed by atoms with Gasteiger partial charge in [-0.1, -0.05) is 15.9 Å². The van der Waals surface area contributed by atoms with Gasteiger partial charge >= 0.3 is 0 Å². The number of hydrogen-bond acceptors (Lipinski definition) is 4. The maximum Gasteiger partial charge on any atom is 0.299 e. The van der Waals surface area contributed by atoms with Gasteiger partial charge < -0.3 is 0 Å². The molecule has 1 amide bonds. The molecule has 5 nitrogen and oxygen atoms in total. The van der Waals surface area contributed by atoms with E-state index < -0.39 is 11.7 Å². The Balaban J connectivity index is 2.07. The molecule has 0 saturated heterocycles. The molecule has 6 heteroatoms. The topological polar surface area (TPSA) is 63.2 Å². The lowest BCUT2D eigenvalue weighted by Crippen LogP contribution is -2.30. The molecule has 0 unspecified atom stereocenters. The zero-order chi connectivity index (χ0) is 14.3. The van der Waals surface area contributed by atoms with Crippen LogP contribution in [0.5, 0.6) is 0 Å². The molecule has 1 aliphatic rings. The second kappa shape index (κ2) is 4.79. The van der Waals surface area contributed by atoms with E-state index in [1.807, 2.05) is 13.0 Å². The summed E-state index contributed by atoms with van der Waals surface area (Å²) in [5.41, 5.74) is 1.94. The molecule has 100 valence electrons. The van der Waals surface area contributed by atoms with E-state index in [1.165, 1.54) is 4.90 Å². The third-order valence-corrected chi connectivity index (χ3v) is 3.60. The smallest absolute Gasteiger partial charge is 0.297 e. The number of rotatable bonds is 2. The van der Waals surface area contributed by atoms with Crippen LogP contribution in [0, 0.1) is 6.92 Å². The van der Waals surface area contributed by atoms with Crippen LogP contribution in [0.2, 0.25) is 0 Å². The standard InChI is InChI=1S/C14H10BrN3O2/c1-8-5-9(15)6-10-12(8)18(14(20)13(10)19)7-11-16-3-2-4-17-11/h2-6H,7H2,1H3. The van der Waals surface area contributed by atoms with Crippen LogP contribution in [-0.4, -0.2) is 21.7 Å². The first kappa shape index (κ1) is 12.9. The van der Waals surface area contributed by atoms with Crippen LogP contribution >= 0.6 is 15.9 Å². The number of benzene rings is 1. The summed E-state index contributed by atoms with van der Waals surface area (Å²) in [5.74, 6) is -0.516. The van der Waals surface area contributed by atoms with Crippen molar-refractivity contribution in [3.8, 4) is 0 Å². The zero-order valence-electron chi connectivity index (χ0n) is 10.6. The van der Waals surface area contributed by atoms with Gasteiger partial charge in [-0.3, -0.25) is 14.5 Å². The fourth-order valence-corrected chi connectivity index (χ4v) is 2.88. The average molecular weight is 332 g/mol. The van der Waals surface area contributed by atoms with Crippen molar-refractivity contribution >= 4 is 33.3 Å². The van der Waals surface area contributed by atoms with Gasteiger partial charge in [0.15, 0.2) is 0 Å². The Morgan fingerprint density at radius 3 is 2.60 bits per heavy atom. The number of amides is 1. The van der Waals surface area contributed by atoms with Crippen molar-refractivity contribution in [1.82, 2.24) is 9.97 Å². The van der Waals surface area contributed by atoms with Crippen molar-refractivity contribution in [2.24, 2.45) is 0 Å². The fraction of sp³-hybridized carbons (Fsp3) is 0.143.